The van der Waals surface area contributed by atoms with Gasteiger partial charge in [0, 0.05) is 37.8 Å². The molecule has 0 atom stereocenters. The summed E-state index contributed by atoms with van der Waals surface area (Å²) in [5, 5.41) is 21.1. The Morgan fingerprint density at radius 1 is 1.10 bits per heavy atom. The zero-order chi connectivity index (χ0) is 21.6. The molecule has 0 bridgehead atoms. The van der Waals surface area contributed by atoms with Gasteiger partial charge in [-0.15, -0.1) is 20.4 Å². The Kier molecular flexibility index (Phi) is 8.07. The number of nitrogens with one attached hydrogen (secondary N) is 1. The zero-order valence-corrected chi connectivity index (χ0v) is 19.1. The number of benzene rings is 1. The van der Waals surface area contributed by atoms with Crippen molar-refractivity contribution in [2.24, 2.45) is 10.2 Å². The summed E-state index contributed by atoms with van der Waals surface area (Å²) in [5.74, 6) is -0.152. The van der Waals surface area contributed by atoms with Gasteiger partial charge in [-0.25, -0.2) is 0 Å². The smallest absolute Gasteiger partial charge is 0.253 e. The molecule has 0 saturated carbocycles. The summed E-state index contributed by atoms with van der Waals surface area (Å²) in [4.78, 5) is 16.0. The molecule has 0 fully saturated rings. The van der Waals surface area contributed by atoms with Crippen LogP contribution < -0.4 is 15.1 Å². The molecule has 1 N–H and O–H groups in total. The number of amides is 1. The summed E-state index contributed by atoms with van der Waals surface area (Å²) in [5.41, 5.74) is 2.24. The summed E-state index contributed by atoms with van der Waals surface area (Å²) < 4.78 is 0. The number of hydrogen-bond acceptors (Lipinski definition) is 8. The van der Waals surface area contributed by atoms with Gasteiger partial charge in [-0.05, 0) is 59.7 Å². The van der Waals surface area contributed by atoms with E-state index in [1.807, 2.05) is 18.2 Å². The first-order valence-electron chi connectivity index (χ1n) is 9.96. The summed E-state index contributed by atoms with van der Waals surface area (Å²) in [6.07, 6.45) is 0. The Balaban J connectivity index is 2.31. The van der Waals surface area contributed by atoms with E-state index in [0.29, 0.717) is 28.6 Å². The van der Waals surface area contributed by atoms with Crippen LogP contribution in [0.3, 0.4) is 0 Å². The lowest BCUT2D eigenvalue weighted by Crippen LogP contribution is -2.36. The van der Waals surface area contributed by atoms with Crippen molar-refractivity contribution in [3.05, 3.63) is 18.2 Å². The molecule has 2 rings (SSSR count). The highest BCUT2D eigenvalue weighted by Crippen LogP contribution is 2.34. The van der Waals surface area contributed by atoms with Crippen LogP contribution >= 0.6 is 11.3 Å². The Labute approximate surface area is 177 Å². The molecule has 0 aliphatic carbocycles. The van der Waals surface area contributed by atoms with E-state index in [1.165, 1.54) is 18.3 Å². The normalized spacial score (nSPS) is 11.5. The summed E-state index contributed by atoms with van der Waals surface area (Å²) in [6, 6.07) is 6.39. The first-order valence-corrected chi connectivity index (χ1v) is 10.8. The SMILES string of the molecule is CCN(CC)c1ccc(N=Nc2nnc(N(C(C)C)C(C)C)s2)c(NC(C)=O)c1. The van der Waals surface area contributed by atoms with E-state index in [1.54, 1.807) is 0 Å². The van der Waals surface area contributed by atoms with E-state index < -0.39 is 0 Å². The van der Waals surface area contributed by atoms with Gasteiger partial charge in [-0.3, -0.25) is 4.79 Å². The fraction of sp³-hybridized carbons (Fsp3) is 0.550. The van der Waals surface area contributed by atoms with Crippen LogP contribution in [0.1, 0.15) is 48.5 Å². The maximum atomic E-state index is 11.6. The van der Waals surface area contributed by atoms with Gasteiger partial charge in [0.05, 0.1) is 5.69 Å². The first-order chi connectivity index (χ1) is 13.8. The third-order valence-corrected chi connectivity index (χ3v) is 5.22. The van der Waals surface area contributed by atoms with Crippen molar-refractivity contribution in [1.82, 2.24) is 10.2 Å². The number of hydrogen-bond donors (Lipinski definition) is 1. The highest BCUT2D eigenvalue weighted by molar-refractivity contribution is 7.18. The van der Waals surface area contributed by atoms with Gasteiger partial charge in [0.1, 0.15) is 5.69 Å². The van der Waals surface area contributed by atoms with Gasteiger partial charge in [-0.1, -0.05) is 11.3 Å². The van der Waals surface area contributed by atoms with Gasteiger partial charge in [0.15, 0.2) is 0 Å². The van der Waals surface area contributed by atoms with Crippen LogP contribution in [0.5, 0.6) is 0 Å². The van der Waals surface area contributed by atoms with E-state index in [0.717, 1.165) is 23.9 Å². The van der Waals surface area contributed by atoms with Gasteiger partial charge in [-0.2, -0.15) is 0 Å². The Hall–Kier alpha value is -2.55. The van der Waals surface area contributed by atoms with Crippen LogP contribution in [0.25, 0.3) is 0 Å². The number of rotatable bonds is 9. The molecule has 9 heteroatoms. The molecule has 158 valence electrons. The topological polar surface area (TPSA) is 86.1 Å². The molecule has 1 amide bonds. The largest absolute Gasteiger partial charge is 0.372 e. The number of nitrogens with zero attached hydrogens (tertiary/aromatic N) is 6. The summed E-state index contributed by atoms with van der Waals surface area (Å²) in [7, 11) is 0. The molecule has 1 aromatic carbocycles. The van der Waals surface area contributed by atoms with E-state index in [9.17, 15) is 4.79 Å². The number of anilines is 3. The molecule has 2 aromatic rings. The molecule has 0 unspecified atom stereocenters. The minimum Gasteiger partial charge on any atom is -0.372 e. The van der Waals surface area contributed by atoms with E-state index in [2.05, 4.69) is 77.1 Å². The third-order valence-electron chi connectivity index (χ3n) is 4.40. The summed E-state index contributed by atoms with van der Waals surface area (Å²) >= 11 is 1.40. The highest BCUT2D eigenvalue weighted by atomic mass is 32.1. The van der Waals surface area contributed by atoms with Crippen molar-refractivity contribution in [2.75, 3.05) is 28.2 Å². The average Bonchev–Trinajstić information content (AvgIpc) is 3.09. The van der Waals surface area contributed by atoms with E-state index in [4.69, 9.17) is 0 Å². The van der Waals surface area contributed by atoms with Crippen LogP contribution in [0.15, 0.2) is 28.4 Å². The Morgan fingerprint density at radius 3 is 2.31 bits per heavy atom. The van der Waals surface area contributed by atoms with Gasteiger partial charge < -0.3 is 15.1 Å². The number of aromatic nitrogens is 2. The van der Waals surface area contributed by atoms with Crippen LogP contribution in [-0.2, 0) is 4.79 Å². The van der Waals surface area contributed by atoms with Gasteiger partial charge >= 0.3 is 0 Å². The Morgan fingerprint density at radius 2 is 1.76 bits per heavy atom. The van der Waals surface area contributed by atoms with Crippen molar-refractivity contribution in [3.8, 4) is 0 Å². The monoisotopic (exact) mass is 417 g/mol. The molecule has 8 nitrogen and oxygen atoms in total. The molecule has 0 aliphatic heterocycles. The fourth-order valence-electron chi connectivity index (χ4n) is 3.17. The lowest BCUT2D eigenvalue weighted by atomic mass is 10.2. The van der Waals surface area contributed by atoms with E-state index in [-0.39, 0.29) is 5.91 Å². The van der Waals surface area contributed by atoms with Crippen LogP contribution in [0.4, 0.5) is 27.3 Å². The van der Waals surface area contributed by atoms with E-state index >= 15 is 0 Å². The lowest BCUT2D eigenvalue weighted by Gasteiger charge is -2.29. The maximum absolute atomic E-state index is 11.6. The number of carbonyl (C=O) groups is 1. The molecule has 0 aliphatic rings. The molecule has 0 saturated heterocycles. The predicted octanol–water partition coefficient (Wildman–Crippen LogP) is 5.38. The van der Waals surface area contributed by atoms with Crippen molar-refractivity contribution in [3.63, 3.8) is 0 Å². The number of carbonyl (C=O) groups excluding carboxylic acids is 1. The molecule has 0 radical (unpaired) electrons. The average molecular weight is 418 g/mol. The maximum Gasteiger partial charge on any atom is 0.253 e. The predicted molar refractivity (Wildman–Crippen MR) is 121 cm³/mol. The molecule has 1 aromatic heterocycles. The van der Waals surface area contributed by atoms with Gasteiger partial charge in [0.25, 0.3) is 5.13 Å². The molecular formula is C20H31N7OS. The van der Waals surface area contributed by atoms with Gasteiger partial charge in [0.2, 0.25) is 11.0 Å². The molecular weight excluding hydrogens is 386 g/mol. The fourth-order valence-corrected chi connectivity index (χ4v) is 4.11. The van der Waals surface area contributed by atoms with Crippen molar-refractivity contribution in [1.29, 1.82) is 0 Å². The van der Waals surface area contributed by atoms with Crippen LogP contribution in [-0.4, -0.2) is 41.3 Å². The van der Waals surface area contributed by atoms with Crippen molar-refractivity contribution in [2.45, 2.75) is 60.5 Å². The molecule has 29 heavy (non-hydrogen) atoms. The standard InChI is InChI=1S/C20H31N7OS/c1-8-26(9-2)16-10-11-17(18(12-16)21-15(7)28)22-23-19-24-25-20(29-19)27(13(3)4)14(5)6/h10-14H,8-9H2,1-7H3,(H,21,28). The van der Waals surface area contributed by atoms with Crippen molar-refractivity contribution < 1.29 is 4.79 Å². The summed E-state index contributed by atoms with van der Waals surface area (Å²) in [6.45, 7) is 15.9. The third kappa shape index (κ3) is 5.96. The quantitative estimate of drug-likeness (QED) is 0.553. The molecule has 1 heterocycles. The molecule has 0 spiro atoms. The number of azo groups is 1. The minimum absolute atomic E-state index is 0.152. The van der Waals surface area contributed by atoms with Crippen molar-refractivity contribution >= 4 is 44.6 Å². The second-order valence-corrected chi connectivity index (χ2v) is 8.15. The Bertz CT molecular complexity index is 835. The zero-order valence-electron chi connectivity index (χ0n) is 18.3. The highest BCUT2D eigenvalue weighted by Gasteiger charge is 2.18. The first kappa shape index (κ1) is 22.7. The lowest BCUT2D eigenvalue weighted by molar-refractivity contribution is -0.114. The van der Waals surface area contributed by atoms with Crippen LogP contribution in [0, 0.1) is 0 Å². The second kappa shape index (κ2) is 10.3. The minimum atomic E-state index is -0.152. The van der Waals surface area contributed by atoms with Crippen LogP contribution in [0.2, 0.25) is 0 Å². The second-order valence-electron chi connectivity index (χ2n) is 7.22.